The molecule has 108 valence electrons. The molecule has 0 aromatic heterocycles. The fraction of sp³-hybridized carbons (Fsp3) is 0.800. The summed E-state index contributed by atoms with van der Waals surface area (Å²) in [6, 6.07) is 0. The molecule has 5 atom stereocenters. The highest BCUT2D eigenvalue weighted by atomic mass is 16.4. The van der Waals surface area contributed by atoms with Crippen molar-refractivity contribution in [1.29, 1.82) is 0 Å². The molecule has 0 spiro atoms. The van der Waals surface area contributed by atoms with E-state index < -0.39 is 11.9 Å². The van der Waals surface area contributed by atoms with Crippen LogP contribution in [0.3, 0.4) is 0 Å². The Bertz CT molecular complexity index is 350. The van der Waals surface area contributed by atoms with Gasteiger partial charge in [0, 0.05) is 12.3 Å². The van der Waals surface area contributed by atoms with Gasteiger partial charge in [-0.15, -0.1) is 0 Å². The van der Waals surface area contributed by atoms with Crippen molar-refractivity contribution in [1.82, 2.24) is 0 Å². The molecule has 0 amide bonds. The third kappa shape index (κ3) is 3.88. The second-order valence-corrected chi connectivity index (χ2v) is 5.96. The molecule has 0 radical (unpaired) electrons. The summed E-state index contributed by atoms with van der Waals surface area (Å²) in [4.78, 5) is 33.7. The van der Waals surface area contributed by atoms with Gasteiger partial charge in [0.05, 0.1) is 5.92 Å². The van der Waals surface area contributed by atoms with Gasteiger partial charge >= 0.3 is 5.97 Å². The highest BCUT2D eigenvalue weighted by Gasteiger charge is 2.41. The molecule has 1 N–H and O–H groups in total. The van der Waals surface area contributed by atoms with Gasteiger partial charge in [-0.3, -0.25) is 4.79 Å². The van der Waals surface area contributed by atoms with Crippen LogP contribution >= 0.6 is 0 Å². The van der Waals surface area contributed by atoms with Crippen molar-refractivity contribution in [3.8, 4) is 0 Å². The molecule has 1 aliphatic rings. The lowest BCUT2D eigenvalue weighted by Crippen LogP contribution is -2.39. The number of rotatable bonds is 6. The summed E-state index contributed by atoms with van der Waals surface area (Å²) in [5, 5.41) is 9.15. The summed E-state index contributed by atoms with van der Waals surface area (Å²) in [5.41, 5.74) is 0. The van der Waals surface area contributed by atoms with Gasteiger partial charge in [0.2, 0.25) is 0 Å². The number of hydrogen-bond acceptors (Lipinski definition) is 3. The van der Waals surface area contributed by atoms with Crippen LogP contribution in [0.2, 0.25) is 0 Å². The molecule has 1 saturated carbocycles. The number of hydrogen-bond donors (Lipinski definition) is 1. The van der Waals surface area contributed by atoms with E-state index in [1.54, 1.807) is 13.8 Å². The van der Waals surface area contributed by atoms with Gasteiger partial charge in [-0.2, -0.15) is 0 Å². The maximum absolute atomic E-state index is 11.4. The SMILES string of the molecule is CC(=O)CC[C@@H]1[C@@H](C=O)[C@H]([C@@H](C)C(=O)O)CC[C@H]1C. The van der Waals surface area contributed by atoms with Crippen molar-refractivity contribution in [2.24, 2.45) is 29.6 Å². The second kappa shape index (κ2) is 6.83. The minimum Gasteiger partial charge on any atom is -0.481 e. The van der Waals surface area contributed by atoms with Gasteiger partial charge in [0.1, 0.15) is 12.1 Å². The largest absolute Gasteiger partial charge is 0.481 e. The van der Waals surface area contributed by atoms with Gasteiger partial charge in [-0.1, -0.05) is 20.3 Å². The van der Waals surface area contributed by atoms with Crippen molar-refractivity contribution in [2.45, 2.75) is 46.5 Å². The first-order valence-electron chi connectivity index (χ1n) is 7.06. The molecule has 0 bridgehead atoms. The summed E-state index contributed by atoms with van der Waals surface area (Å²) in [5.74, 6) is -1.00. The van der Waals surface area contributed by atoms with Crippen LogP contribution in [-0.4, -0.2) is 23.1 Å². The molecular formula is C15H24O4. The van der Waals surface area contributed by atoms with Crippen LogP contribution in [0, 0.1) is 29.6 Å². The Balaban J connectivity index is 2.84. The molecular weight excluding hydrogens is 244 g/mol. The molecule has 0 unspecified atom stereocenters. The van der Waals surface area contributed by atoms with E-state index in [9.17, 15) is 14.4 Å². The standard InChI is InChI=1S/C15H24O4/c1-9-4-6-13(11(3)15(18)19)14(8-16)12(9)7-5-10(2)17/h8-9,11-14H,4-7H2,1-3H3,(H,18,19)/t9-,11-,12+,13+,14-/m1/s1. The van der Waals surface area contributed by atoms with Crippen LogP contribution in [0.5, 0.6) is 0 Å². The van der Waals surface area contributed by atoms with Gasteiger partial charge in [-0.25, -0.2) is 0 Å². The van der Waals surface area contributed by atoms with E-state index in [-0.39, 0.29) is 23.5 Å². The normalized spacial score (nSPS) is 32.6. The van der Waals surface area contributed by atoms with Crippen LogP contribution in [0.1, 0.15) is 46.5 Å². The van der Waals surface area contributed by atoms with Crippen LogP contribution in [0.4, 0.5) is 0 Å². The third-order valence-electron chi connectivity index (χ3n) is 4.69. The zero-order valence-corrected chi connectivity index (χ0v) is 12.0. The van der Waals surface area contributed by atoms with Gasteiger partial charge in [-0.05, 0) is 37.5 Å². The molecule has 0 aliphatic heterocycles. The molecule has 4 nitrogen and oxygen atoms in total. The van der Waals surface area contributed by atoms with Crippen molar-refractivity contribution >= 4 is 18.0 Å². The Hall–Kier alpha value is -1.19. The van der Waals surface area contributed by atoms with Crippen molar-refractivity contribution in [2.75, 3.05) is 0 Å². The van der Waals surface area contributed by atoms with Gasteiger partial charge in [0.15, 0.2) is 0 Å². The van der Waals surface area contributed by atoms with Crippen LogP contribution in [0.15, 0.2) is 0 Å². The Labute approximate surface area is 114 Å². The first-order chi connectivity index (χ1) is 8.88. The molecule has 1 rings (SSSR count). The highest BCUT2D eigenvalue weighted by molar-refractivity contribution is 5.75. The molecule has 0 aromatic carbocycles. The fourth-order valence-electron chi connectivity index (χ4n) is 3.37. The predicted molar refractivity (Wildman–Crippen MR) is 71.6 cm³/mol. The lowest BCUT2D eigenvalue weighted by atomic mass is 9.63. The molecule has 0 heterocycles. The van der Waals surface area contributed by atoms with E-state index in [1.165, 1.54) is 0 Å². The maximum atomic E-state index is 11.4. The molecule has 4 heteroatoms. The Morgan fingerprint density at radius 1 is 1.37 bits per heavy atom. The minimum absolute atomic E-state index is 0.0943. The minimum atomic E-state index is -0.836. The van der Waals surface area contributed by atoms with Gasteiger partial charge in [0.25, 0.3) is 0 Å². The van der Waals surface area contributed by atoms with Gasteiger partial charge < -0.3 is 14.7 Å². The monoisotopic (exact) mass is 268 g/mol. The number of carboxylic acid groups (broad SMARTS) is 1. The van der Waals surface area contributed by atoms with E-state index in [4.69, 9.17) is 5.11 Å². The van der Waals surface area contributed by atoms with Crippen molar-refractivity contribution < 1.29 is 19.5 Å². The third-order valence-corrected chi connectivity index (χ3v) is 4.69. The molecule has 1 aliphatic carbocycles. The molecule has 0 saturated heterocycles. The van der Waals surface area contributed by atoms with Crippen molar-refractivity contribution in [3.05, 3.63) is 0 Å². The number of aldehydes is 1. The summed E-state index contributed by atoms with van der Waals surface area (Å²) in [6.07, 6.45) is 3.82. The van der Waals surface area contributed by atoms with E-state index in [1.807, 2.05) is 0 Å². The summed E-state index contributed by atoms with van der Waals surface area (Å²) < 4.78 is 0. The van der Waals surface area contributed by atoms with Crippen molar-refractivity contribution in [3.63, 3.8) is 0 Å². The topological polar surface area (TPSA) is 71.4 Å². The Kier molecular flexibility index (Phi) is 5.70. The predicted octanol–water partition coefficient (Wildman–Crippen LogP) is 2.55. The average molecular weight is 268 g/mol. The number of Topliss-reactive ketones (excluding diaryl/α,β-unsaturated/α-hetero) is 1. The smallest absolute Gasteiger partial charge is 0.306 e. The Morgan fingerprint density at radius 3 is 2.47 bits per heavy atom. The average Bonchev–Trinajstić information content (AvgIpc) is 2.35. The second-order valence-electron chi connectivity index (χ2n) is 5.96. The zero-order valence-electron chi connectivity index (χ0n) is 12.0. The van der Waals surface area contributed by atoms with Crippen LogP contribution in [-0.2, 0) is 14.4 Å². The number of carbonyl (C=O) groups excluding carboxylic acids is 2. The Morgan fingerprint density at radius 2 is 2.00 bits per heavy atom. The number of ketones is 1. The summed E-state index contributed by atoms with van der Waals surface area (Å²) >= 11 is 0. The zero-order chi connectivity index (χ0) is 14.6. The lowest BCUT2D eigenvalue weighted by molar-refractivity contribution is -0.145. The summed E-state index contributed by atoms with van der Waals surface area (Å²) in [7, 11) is 0. The van der Waals surface area contributed by atoms with Crippen LogP contribution < -0.4 is 0 Å². The first-order valence-corrected chi connectivity index (χ1v) is 7.06. The molecule has 1 fully saturated rings. The first kappa shape index (κ1) is 15.9. The van der Waals surface area contributed by atoms with Crippen LogP contribution in [0.25, 0.3) is 0 Å². The van der Waals surface area contributed by atoms with E-state index >= 15 is 0 Å². The number of carboxylic acids is 1. The number of carbonyl (C=O) groups is 3. The lowest BCUT2D eigenvalue weighted by Gasteiger charge is -2.41. The van der Waals surface area contributed by atoms with E-state index in [2.05, 4.69) is 6.92 Å². The fourth-order valence-corrected chi connectivity index (χ4v) is 3.37. The highest BCUT2D eigenvalue weighted by Crippen LogP contribution is 2.43. The van der Waals surface area contributed by atoms with E-state index in [0.717, 1.165) is 19.1 Å². The summed E-state index contributed by atoms with van der Waals surface area (Å²) in [6.45, 7) is 5.34. The van der Waals surface area contributed by atoms with E-state index in [0.29, 0.717) is 18.8 Å². The molecule has 19 heavy (non-hydrogen) atoms. The molecule has 0 aromatic rings. The maximum Gasteiger partial charge on any atom is 0.306 e. The number of aliphatic carboxylic acids is 1. The quantitative estimate of drug-likeness (QED) is 0.751.